The summed E-state index contributed by atoms with van der Waals surface area (Å²) in [4.78, 5) is 24.4. The Hall–Kier alpha value is -2.86. The standard InChI is InChI=1S/C19H18ClN3O3/c20-14-5-4-8-16(13-14)26-12-11-21-19(25)17-9-10-18(24)23(22-17)15-6-2-1-3-7-15/h1-8,13H,9-12H2,(H,21,25). The van der Waals surface area contributed by atoms with E-state index in [2.05, 4.69) is 10.4 Å². The molecule has 0 radical (unpaired) electrons. The molecule has 0 spiro atoms. The predicted octanol–water partition coefficient (Wildman–Crippen LogP) is 3.02. The van der Waals surface area contributed by atoms with Crippen LogP contribution in [0.1, 0.15) is 12.8 Å². The Morgan fingerprint density at radius 3 is 2.73 bits per heavy atom. The third-order valence-electron chi connectivity index (χ3n) is 3.75. The zero-order valence-electron chi connectivity index (χ0n) is 14.0. The van der Waals surface area contributed by atoms with Gasteiger partial charge in [0.1, 0.15) is 18.1 Å². The monoisotopic (exact) mass is 371 g/mol. The number of carbonyl (C=O) groups excluding carboxylic acids is 2. The van der Waals surface area contributed by atoms with E-state index in [1.807, 2.05) is 18.2 Å². The lowest BCUT2D eigenvalue weighted by atomic mass is 10.1. The van der Waals surface area contributed by atoms with Crippen LogP contribution in [0.3, 0.4) is 0 Å². The van der Waals surface area contributed by atoms with E-state index in [-0.39, 0.29) is 18.2 Å². The van der Waals surface area contributed by atoms with Gasteiger partial charge in [-0.2, -0.15) is 5.10 Å². The third-order valence-corrected chi connectivity index (χ3v) is 3.98. The zero-order valence-corrected chi connectivity index (χ0v) is 14.8. The molecule has 0 aromatic heterocycles. The number of rotatable bonds is 6. The normalized spacial score (nSPS) is 14.0. The van der Waals surface area contributed by atoms with Gasteiger partial charge in [0, 0.05) is 17.9 Å². The molecule has 0 unspecified atom stereocenters. The summed E-state index contributed by atoms with van der Waals surface area (Å²) in [5.41, 5.74) is 0.975. The van der Waals surface area contributed by atoms with E-state index in [0.29, 0.717) is 41.7 Å². The molecular weight excluding hydrogens is 354 g/mol. The number of halogens is 1. The highest BCUT2D eigenvalue weighted by Crippen LogP contribution is 2.20. The fourth-order valence-corrected chi connectivity index (χ4v) is 2.66. The number of anilines is 1. The molecule has 3 rings (SSSR count). The van der Waals surface area contributed by atoms with Crippen LogP contribution in [0.25, 0.3) is 0 Å². The van der Waals surface area contributed by atoms with E-state index < -0.39 is 0 Å². The first kappa shape index (κ1) is 17.9. The van der Waals surface area contributed by atoms with Gasteiger partial charge >= 0.3 is 0 Å². The SMILES string of the molecule is O=C(NCCOc1cccc(Cl)c1)C1=NN(c2ccccc2)C(=O)CC1. The van der Waals surface area contributed by atoms with E-state index in [1.54, 1.807) is 36.4 Å². The fourth-order valence-electron chi connectivity index (χ4n) is 2.48. The van der Waals surface area contributed by atoms with Gasteiger partial charge in [-0.05, 0) is 30.3 Å². The quantitative estimate of drug-likeness (QED) is 0.793. The molecule has 26 heavy (non-hydrogen) atoms. The maximum Gasteiger partial charge on any atom is 0.267 e. The van der Waals surface area contributed by atoms with Gasteiger partial charge in [-0.3, -0.25) is 9.59 Å². The number of nitrogens with one attached hydrogen (secondary N) is 1. The number of para-hydroxylation sites is 1. The zero-order chi connectivity index (χ0) is 18.4. The summed E-state index contributed by atoms with van der Waals surface area (Å²) in [6.45, 7) is 0.629. The van der Waals surface area contributed by atoms with Crippen molar-refractivity contribution in [2.45, 2.75) is 12.8 Å². The summed E-state index contributed by atoms with van der Waals surface area (Å²) in [5.74, 6) is 0.216. The first-order chi connectivity index (χ1) is 12.6. The van der Waals surface area contributed by atoms with Crippen LogP contribution in [0.5, 0.6) is 5.75 Å². The van der Waals surface area contributed by atoms with Gasteiger partial charge in [-0.1, -0.05) is 35.9 Å². The van der Waals surface area contributed by atoms with Gasteiger partial charge in [-0.25, -0.2) is 5.01 Å². The number of hydrazone groups is 1. The summed E-state index contributed by atoms with van der Waals surface area (Å²) in [6, 6.07) is 16.1. The molecule has 1 aliphatic rings. The molecule has 2 aromatic carbocycles. The van der Waals surface area contributed by atoms with E-state index >= 15 is 0 Å². The topological polar surface area (TPSA) is 71.0 Å². The van der Waals surface area contributed by atoms with Crippen LogP contribution >= 0.6 is 11.6 Å². The predicted molar refractivity (Wildman–Crippen MR) is 101 cm³/mol. The van der Waals surface area contributed by atoms with Crippen molar-refractivity contribution in [1.82, 2.24) is 5.32 Å². The second-order valence-corrected chi connectivity index (χ2v) is 6.09. The Kier molecular flexibility index (Phi) is 5.86. The highest BCUT2D eigenvalue weighted by Gasteiger charge is 2.25. The number of hydrogen-bond acceptors (Lipinski definition) is 4. The van der Waals surface area contributed by atoms with Gasteiger partial charge in [0.2, 0.25) is 5.91 Å². The second kappa shape index (κ2) is 8.49. The van der Waals surface area contributed by atoms with Crippen LogP contribution in [-0.4, -0.2) is 30.7 Å². The summed E-state index contributed by atoms with van der Waals surface area (Å²) in [5, 5.41) is 8.84. The minimum Gasteiger partial charge on any atom is -0.492 e. The lowest BCUT2D eigenvalue weighted by Crippen LogP contribution is -2.40. The van der Waals surface area contributed by atoms with Crippen molar-refractivity contribution in [3.05, 3.63) is 59.6 Å². The first-order valence-electron chi connectivity index (χ1n) is 8.25. The summed E-state index contributed by atoms with van der Waals surface area (Å²) < 4.78 is 5.53. The Balaban J connectivity index is 1.54. The molecule has 1 N–H and O–H groups in total. The molecule has 0 fully saturated rings. The van der Waals surface area contributed by atoms with Crippen molar-refractivity contribution in [1.29, 1.82) is 0 Å². The van der Waals surface area contributed by atoms with Crippen molar-refractivity contribution >= 4 is 34.8 Å². The smallest absolute Gasteiger partial charge is 0.267 e. The maximum atomic E-state index is 12.3. The Bertz CT molecular complexity index is 824. The average Bonchev–Trinajstić information content (AvgIpc) is 2.66. The number of amides is 2. The van der Waals surface area contributed by atoms with Crippen molar-refractivity contribution in [3.63, 3.8) is 0 Å². The molecule has 2 aromatic rings. The molecule has 0 aliphatic carbocycles. The first-order valence-corrected chi connectivity index (χ1v) is 8.63. The van der Waals surface area contributed by atoms with E-state index in [9.17, 15) is 9.59 Å². The van der Waals surface area contributed by atoms with Gasteiger partial charge in [-0.15, -0.1) is 0 Å². The van der Waals surface area contributed by atoms with Crippen LogP contribution in [0.2, 0.25) is 5.02 Å². The third kappa shape index (κ3) is 4.61. The molecule has 0 saturated heterocycles. The maximum absolute atomic E-state index is 12.3. The molecule has 0 atom stereocenters. The molecule has 6 nitrogen and oxygen atoms in total. The molecule has 2 amide bonds. The lowest BCUT2D eigenvalue weighted by Gasteiger charge is -2.23. The minimum absolute atomic E-state index is 0.128. The number of ether oxygens (including phenoxy) is 1. The summed E-state index contributed by atoms with van der Waals surface area (Å²) >= 11 is 5.89. The highest BCUT2D eigenvalue weighted by atomic mass is 35.5. The Morgan fingerprint density at radius 1 is 1.15 bits per heavy atom. The molecule has 0 saturated carbocycles. The van der Waals surface area contributed by atoms with Gasteiger partial charge in [0.15, 0.2) is 0 Å². The molecule has 0 bridgehead atoms. The van der Waals surface area contributed by atoms with Crippen molar-refractivity contribution in [2.75, 3.05) is 18.2 Å². The second-order valence-electron chi connectivity index (χ2n) is 5.65. The molecule has 7 heteroatoms. The lowest BCUT2D eigenvalue weighted by molar-refractivity contribution is -0.118. The molecule has 1 heterocycles. The average molecular weight is 372 g/mol. The van der Waals surface area contributed by atoms with Crippen molar-refractivity contribution in [3.8, 4) is 5.75 Å². The minimum atomic E-state index is -0.298. The number of carbonyl (C=O) groups is 2. The summed E-state index contributed by atoms with van der Waals surface area (Å²) in [6.07, 6.45) is 0.573. The van der Waals surface area contributed by atoms with E-state index in [1.165, 1.54) is 5.01 Å². The number of nitrogens with zero attached hydrogens (tertiary/aromatic N) is 2. The number of benzene rings is 2. The van der Waals surface area contributed by atoms with Crippen molar-refractivity contribution in [2.24, 2.45) is 5.10 Å². The summed E-state index contributed by atoms with van der Waals surface area (Å²) in [7, 11) is 0. The molecular formula is C19H18ClN3O3. The largest absolute Gasteiger partial charge is 0.492 e. The van der Waals surface area contributed by atoms with Gasteiger partial charge < -0.3 is 10.1 Å². The number of hydrogen-bond donors (Lipinski definition) is 1. The van der Waals surface area contributed by atoms with E-state index in [4.69, 9.17) is 16.3 Å². The van der Waals surface area contributed by atoms with Crippen LogP contribution in [0.15, 0.2) is 59.7 Å². The molecule has 1 aliphatic heterocycles. The Morgan fingerprint density at radius 2 is 1.96 bits per heavy atom. The van der Waals surface area contributed by atoms with Gasteiger partial charge in [0.25, 0.3) is 5.91 Å². The molecule has 134 valence electrons. The van der Waals surface area contributed by atoms with Crippen LogP contribution in [-0.2, 0) is 9.59 Å². The fraction of sp³-hybridized carbons (Fsp3) is 0.211. The van der Waals surface area contributed by atoms with Crippen molar-refractivity contribution < 1.29 is 14.3 Å². The van der Waals surface area contributed by atoms with Crippen LogP contribution in [0, 0.1) is 0 Å². The highest BCUT2D eigenvalue weighted by molar-refractivity contribution is 6.40. The van der Waals surface area contributed by atoms with Gasteiger partial charge in [0.05, 0.1) is 12.2 Å². The van der Waals surface area contributed by atoms with Crippen LogP contribution < -0.4 is 15.1 Å². The Labute approximate surface area is 156 Å². The van der Waals surface area contributed by atoms with E-state index in [0.717, 1.165) is 0 Å². The van der Waals surface area contributed by atoms with Crippen LogP contribution in [0.4, 0.5) is 5.69 Å².